The highest BCUT2D eigenvalue weighted by atomic mass is 19.3. The zero-order chi connectivity index (χ0) is 28.3. The van der Waals surface area contributed by atoms with Crippen LogP contribution in [0.5, 0.6) is 5.88 Å². The minimum atomic E-state index is -2.73. The molecule has 1 saturated heterocycles. The number of aromatic nitrogens is 4. The summed E-state index contributed by atoms with van der Waals surface area (Å²) in [6.45, 7) is 2.71. The molecule has 3 aromatic rings. The number of fused-ring (bicyclic) bond motifs is 1. The lowest BCUT2D eigenvalue weighted by atomic mass is 9.91. The summed E-state index contributed by atoms with van der Waals surface area (Å²) < 4.78 is 41.6. The highest BCUT2D eigenvalue weighted by molar-refractivity contribution is 5.78. The van der Waals surface area contributed by atoms with Gasteiger partial charge >= 0.3 is 12.4 Å². The molecule has 0 unspecified atom stereocenters. The number of hydrogen-bond acceptors (Lipinski definition) is 7. The number of imidazole rings is 1. The summed E-state index contributed by atoms with van der Waals surface area (Å²) in [5.74, 6) is 0.924. The van der Waals surface area contributed by atoms with Crippen molar-refractivity contribution < 1.29 is 27.6 Å². The van der Waals surface area contributed by atoms with Gasteiger partial charge in [0.1, 0.15) is 17.1 Å². The molecule has 3 heterocycles. The van der Waals surface area contributed by atoms with Crippen LogP contribution in [0, 0.1) is 0 Å². The molecule has 0 atom stereocenters. The highest BCUT2D eigenvalue weighted by Gasteiger charge is 2.31. The normalized spacial score (nSPS) is 21.8. The van der Waals surface area contributed by atoms with E-state index in [9.17, 15) is 13.6 Å². The lowest BCUT2D eigenvalue weighted by Crippen LogP contribution is -2.47. The van der Waals surface area contributed by atoms with Gasteiger partial charge in [-0.25, -0.2) is 0 Å². The molecule has 2 N–H and O–H groups in total. The smallest absolute Gasteiger partial charge is 0.322 e. The Labute approximate surface area is 238 Å². The topological polar surface area (TPSA) is 99.5 Å². The van der Waals surface area contributed by atoms with Crippen LogP contribution in [0.25, 0.3) is 16.9 Å². The molecule has 0 radical (unpaired) electrons. The number of nitrogens with one attached hydrogen (secondary N) is 2. The second-order valence-electron chi connectivity index (χ2n) is 11.3. The van der Waals surface area contributed by atoms with Crippen molar-refractivity contribution in [2.75, 3.05) is 44.8 Å². The molecular weight excluding hydrogens is 532 g/mol. The zero-order valence-electron chi connectivity index (χ0n) is 23.4. The van der Waals surface area contributed by atoms with Gasteiger partial charge in [0.15, 0.2) is 0 Å². The Hall–Kier alpha value is -3.38. The monoisotopic (exact) mass is 570 g/mol. The van der Waals surface area contributed by atoms with Crippen LogP contribution >= 0.6 is 0 Å². The van der Waals surface area contributed by atoms with Gasteiger partial charge in [0.05, 0.1) is 25.8 Å². The Kier molecular flexibility index (Phi) is 8.29. The standard InChI is InChI=1S/C29H37F2N7O3/c1-36(20-5-4-6-20)18-25(39)32-19-9-11-21(12-10-19)41-26-17-24(34-29(35-26)37-13-15-40-16-14-37)38-23-8-3-2-7-22(23)33-28(38)27(30)31/h2-3,7-8,17,19-21,27H,4-6,9-16,18H2,1H3,(H,32,39)/p+1. The van der Waals surface area contributed by atoms with Crippen molar-refractivity contribution in [3.05, 3.63) is 36.2 Å². The van der Waals surface area contributed by atoms with Crippen molar-refractivity contribution in [2.45, 2.75) is 69.6 Å². The third-order valence-corrected chi connectivity index (χ3v) is 8.47. The minimum Gasteiger partial charge on any atom is -0.474 e. The predicted octanol–water partition coefficient (Wildman–Crippen LogP) is 3.30. The van der Waals surface area contributed by atoms with Gasteiger partial charge in [-0.15, -0.1) is 0 Å². The van der Waals surface area contributed by atoms with E-state index in [1.807, 2.05) is 18.0 Å². The van der Waals surface area contributed by atoms with Gasteiger partial charge in [-0.05, 0) is 57.7 Å². The Morgan fingerprint density at radius 2 is 1.93 bits per heavy atom. The number of rotatable bonds is 9. The van der Waals surface area contributed by atoms with Crippen molar-refractivity contribution in [1.29, 1.82) is 0 Å². The Morgan fingerprint density at radius 1 is 1.17 bits per heavy atom. The van der Waals surface area contributed by atoms with Gasteiger partial charge in [0.2, 0.25) is 11.8 Å². The van der Waals surface area contributed by atoms with E-state index >= 15 is 0 Å². The zero-order valence-corrected chi connectivity index (χ0v) is 23.4. The minimum absolute atomic E-state index is 0.0740. The predicted molar refractivity (Wildman–Crippen MR) is 148 cm³/mol. The quantitative estimate of drug-likeness (QED) is 0.381. The summed E-state index contributed by atoms with van der Waals surface area (Å²) in [5.41, 5.74) is 1.19. The number of hydrogen-bond donors (Lipinski definition) is 2. The number of anilines is 1. The SMILES string of the molecule is CN(CC(=O)NC1CCC(Oc2cc(-[n+]3c(C(F)F)[nH]c4ccccc43)nc(N3CCOCC3)n2)CC1)C1CCC1. The van der Waals surface area contributed by atoms with Crippen molar-refractivity contribution >= 4 is 22.9 Å². The molecule has 2 aromatic heterocycles. The number of likely N-dealkylation sites (N-methyl/N-ethyl adjacent to an activating group) is 1. The largest absolute Gasteiger partial charge is 0.474 e. The van der Waals surface area contributed by atoms with Gasteiger partial charge < -0.3 is 19.7 Å². The van der Waals surface area contributed by atoms with Gasteiger partial charge in [0, 0.05) is 25.2 Å². The number of carbonyl (C=O) groups excluding carboxylic acids is 1. The third-order valence-electron chi connectivity index (χ3n) is 8.47. The van der Waals surface area contributed by atoms with Crippen LogP contribution in [0.3, 0.4) is 0 Å². The summed E-state index contributed by atoms with van der Waals surface area (Å²) in [6, 6.07) is 9.46. The maximum Gasteiger partial charge on any atom is 0.322 e. The van der Waals surface area contributed by atoms with Crippen molar-refractivity contribution in [3.8, 4) is 11.7 Å². The van der Waals surface area contributed by atoms with Crippen molar-refractivity contribution in [2.24, 2.45) is 0 Å². The fourth-order valence-corrected chi connectivity index (χ4v) is 5.93. The molecule has 2 saturated carbocycles. The maximum absolute atomic E-state index is 14.2. The average Bonchev–Trinajstić information content (AvgIpc) is 3.34. The number of aromatic amines is 1. The first-order valence-electron chi connectivity index (χ1n) is 14.6. The molecule has 12 heteroatoms. The molecule has 0 spiro atoms. The van der Waals surface area contributed by atoms with Crippen LogP contribution in [0.4, 0.5) is 14.7 Å². The number of benzene rings is 1. The van der Waals surface area contributed by atoms with Gasteiger partial charge in [-0.3, -0.25) is 14.7 Å². The average molecular weight is 571 g/mol. The van der Waals surface area contributed by atoms with Crippen LogP contribution < -0.4 is 19.5 Å². The number of amides is 1. The molecule has 3 fully saturated rings. The Morgan fingerprint density at radius 3 is 2.63 bits per heavy atom. The van der Waals surface area contributed by atoms with Gasteiger partial charge in [-0.2, -0.15) is 18.3 Å². The van der Waals surface area contributed by atoms with Gasteiger partial charge in [-0.1, -0.05) is 23.5 Å². The van der Waals surface area contributed by atoms with Crippen LogP contribution in [0.15, 0.2) is 30.3 Å². The molecule has 6 rings (SSSR count). The molecular formula is C29H38F2N7O3+. The third kappa shape index (κ3) is 6.28. The summed E-state index contributed by atoms with van der Waals surface area (Å²) >= 11 is 0. The molecule has 41 heavy (non-hydrogen) atoms. The van der Waals surface area contributed by atoms with E-state index in [2.05, 4.69) is 15.2 Å². The molecule has 10 nitrogen and oxygen atoms in total. The van der Waals surface area contributed by atoms with Crippen molar-refractivity contribution in [1.82, 2.24) is 25.2 Å². The molecule has 1 aliphatic heterocycles. The van der Waals surface area contributed by atoms with Gasteiger partial charge in [0.25, 0.3) is 11.6 Å². The van der Waals surface area contributed by atoms with E-state index in [0.717, 1.165) is 25.7 Å². The highest BCUT2D eigenvalue weighted by Crippen LogP contribution is 2.27. The lowest BCUT2D eigenvalue weighted by molar-refractivity contribution is -0.586. The number of nitrogens with zero attached hydrogens (tertiary/aromatic N) is 5. The first-order valence-corrected chi connectivity index (χ1v) is 14.6. The summed E-state index contributed by atoms with van der Waals surface area (Å²) in [4.78, 5) is 29.0. The Balaban J connectivity index is 1.18. The van der Waals surface area contributed by atoms with E-state index in [1.165, 1.54) is 23.8 Å². The molecule has 3 aliphatic rings. The summed E-state index contributed by atoms with van der Waals surface area (Å²) in [6.07, 6.45) is 3.91. The van der Waals surface area contributed by atoms with Crippen molar-refractivity contribution in [3.63, 3.8) is 0 Å². The molecule has 1 amide bonds. The van der Waals surface area contributed by atoms with E-state index in [1.54, 1.807) is 24.3 Å². The Bertz CT molecular complexity index is 1350. The molecule has 0 bridgehead atoms. The first kappa shape index (κ1) is 27.8. The number of H-pyrrole nitrogens is 1. The summed E-state index contributed by atoms with van der Waals surface area (Å²) in [5, 5.41) is 3.19. The second kappa shape index (κ2) is 12.2. The lowest BCUT2D eigenvalue weighted by Gasteiger charge is -2.35. The number of alkyl halides is 2. The summed E-state index contributed by atoms with van der Waals surface area (Å²) in [7, 11) is 2.02. The molecule has 220 valence electrons. The maximum atomic E-state index is 14.2. The molecule has 1 aromatic carbocycles. The van der Waals surface area contributed by atoms with E-state index in [4.69, 9.17) is 19.4 Å². The fourth-order valence-electron chi connectivity index (χ4n) is 5.93. The number of para-hydroxylation sites is 2. The van der Waals surface area contributed by atoms with Crippen LogP contribution in [0.1, 0.15) is 57.2 Å². The van der Waals surface area contributed by atoms with E-state index in [-0.39, 0.29) is 23.9 Å². The van der Waals surface area contributed by atoms with Crippen LogP contribution in [0.2, 0.25) is 0 Å². The van der Waals surface area contributed by atoms with E-state index in [0.29, 0.717) is 67.6 Å². The number of halogens is 2. The first-order chi connectivity index (χ1) is 19.9. The van der Waals surface area contributed by atoms with E-state index < -0.39 is 6.43 Å². The number of morpholine rings is 1. The second-order valence-corrected chi connectivity index (χ2v) is 11.3. The number of ether oxygens (including phenoxy) is 2. The van der Waals surface area contributed by atoms with Crippen LogP contribution in [-0.2, 0) is 9.53 Å². The molecule has 2 aliphatic carbocycles. The van der Waals surface area contributed by atoms with Crippen LogP contribution in [-0.4, -0.2) is 83.8 Å². The fraction of sp³-hybridized carbons (Fsp3) is 0.586. The number of carbonyl (C=O) groups is 1.